The van der Waals surface area contributed by atoms with Crippen molar-refractivity contribution in [3.8, 4) is 0 Å². The molecule has 0 spiro atoms. The van der Waals surface area contributed by atoms with E-state index in [0.29, 0.717) is 0 Å². The summed E-state index contributed by atoms with van der Waals surface area (Å²) in [6.07, 6.45) is 0. The first-order valence-corrected chi connectivity index (χ1v) is 5.83. The van der Waals surface area contributed by atoms with Crippen molar-refractivity contribution in [2.24, 2.45) is 0 Å². The van der Waals surface area contributed by atoms with E-state index in [1.807, 2.05) is 6.66 Å². The molecule has 10 heteroatoms. The van der Waals surface area contributed by atoms with Crippen molar-refractivity contribution in [3.05, 3.63) is 0 Å². The molecule has 0 aliphatic heterocycles. The molecule has 0 aliphatic rings. The second-order valence-electron chi connectivity index (χ2n) is 0.924. The van der Waals surface area contributed by atoms with Gasteiger partial charge in [-0.15, -0.1) is 12.9 Å². The van der Waals surface area contributed by atoms with E-state index in [4.69, 9.17) is 9.11 Å². The fourth-order valence-electron chi connectivity index (χ4n) is 0.109. The smallest absolute Gasteiger partial charge is 0.263 e. The van der Waals surface area contributed by atoms with Gasteiger partial charge in [-0.2, -0.15) is 16.8 Å². The lowest BCUT2D eigenvalue weighted by atomic mass is 12.0. The average molecular weight is 226 g/mol. The molecule has 0 saturated carbocycles. The van der Waals surface area contributed by atoms with Crippen LogP contribution in [0.4, 0.5) is 0 Å². The normalized spacial score (nSPS) is 11.6. The Kier molecular flexibility index (Phi) is 6.22. The van der Waals surface area contributed by atoms with Crippen LogP contribution in [0.2, 0.25) is 0 Å². The first-order valence-electron chi connectivity index (χ1n) is 1.94. The molecule has 0 aromatic heterocycles. The monoisotopic (exact) mass is 226 g/mol. The van der Waals surface area contributed by atoms with Crippen molar-refractivity contribution in [1.29, 1.82) is 0 Å². The van der Waals surface area contributed by atoms with Crippen molar-refractivity contribution in [2.75, 3.05) is 6.66 Å². The Labute approximate surface area is 66.9 Å². The van der Waals surface area contributed by atoms with Crippen molar-refractivity contribution in [1.82, 2.24) is 0 Å². The Balaban J connectivity index is 0. The second-order valence-corrected chi connectivity index (χ2v) is 3.18. The van der Waals surface area contributed by atoms with Crippen LogP contribution >= 0.6 is 9.24 Å². The Morgan fingerprint density at radius 1 is 1.00 bits per heavy atom. The highest BCUT2D eigenvalue weighted by Gasteiger charge is 2.15. The standard InChI is InChI=1S/CH5P.H2O7S2/c1-2;1-8(2,3)7-9(4,5)6/h2H2,1H3;(H,1,2,3)(H,4,5,6). The summed E-state index contributed by atoms with van der Waals surface area (Å²) in [5.74, 6) is 0. The third-order valence-corrected chi connectivity index (χ3v) is 1.55. The lowest BCUT2D eigenvalue weighted by molar-refractivity contribution is 0.344. The maximum absolute atomic E-state index is 9.44. The molecule has 0 bridgehead atoms. The Morgan fingerprint density at radius 3 is 1.18 bits per heavy atom. The van der Waals surface area contributed by atoms with Gasteiger partial charge in [0.15, 0.2) is 0 Å². The fraction of sp³-hybridized carbons (Fsp3) is 1.00. The molecule has 1 unspecified atom stereocenters. The SMILES string of the molecule is CP.O=S(=O)(O)OS(=O)(=O)O. The topological polar surface area (TPSA) is 118 Å². The molecule has 1 atom stereocenters. The summed E-state index contributed by atoms with van der Waals surface area (Å²) in [4.78, 5) is 0. The third kappa shape index (κ3) is 17.8. The molecule has 0 heterocycles. The maximum Gasteiger partial charge on any atom is 0.413 e. The molecule has 2 N–H and O–H groups in total. The van der Waals surface area contributed by atoms with E-state index in [-0.39, 0.29) is 0 Å². The van der Waals surface area contributed by atoms with Gasteiger partial charge in [0.2, 0.25) is 0 Å². The second kappa shape index (κ2) is 4.96. The zero-order valence-corrected chi connectivity index (χ0v) is 8.12. The summed E-state index contributed by atoms with van der Waals surface area (Å²) in [6.45, 7) is 1.92. The summed E-state index contributed by atoms with van der Waals surface area (Å²) in [6, 6.07) is 0. The minimum absolute atomic E-state index is 1.92. The van der Waals surface area contributed by atoms with Crippen LogP contribution in [0.25, 0.3) is 0 Å². The van der Waals surface area contributed by atoms with Gasteiger partial charge < -0.3 is 0 Å². The van der Waals surface area contributed by atoms with E-state index < -0.39 is 20.8 Å². The van der Waals surface area contributed by atoms with E-state index in [9.17, 15) is 16.8 Å². The molecule has 0 aromatic carbocycles. The maximum atomic E-state index is 9.44. The van der Waals surface area contributed by atoms with Crippen LogP contribution in [0.3, 0.4) is 0 Å². The quantitative estimate of drug-likeness (QED) is 0.462. The third-order valence-electron chi connectivity index (χ3n) is 0.172. The summed E-state index contributed by atoms with van der Waals surface area (Å²) in [5, 5.41) is 0. The molecule has 0 aliphatic carbocycles. The van der Waals surface area contributed by atoms with E-state index in [2.05, 4.69) is 12.9 Å². The number of hydrogen-bond donors (Lipinski definition) is 2. The van der Waals surface area contributed by atoms with E-state index in [1.54, 1.807) is 0 Å². The van der Waals surface area contributed by atoms with Gasteiger partial charge in [0, 0.05) is 0 Å². The number of rotatable bonds is 2. The van der Waals surface area contributed by atoms with Gasteiger partial charge in [-0.3, -0.25) is 9.11 Å². The van der Waals surface area contributed by atoms with Crippen LogP contribution in [0.15, 0.2) is 0 Å². The van der Waals surface area contributed by atoms with Gasteiger partial charge in [-0.05, 0) is 0 Å². The van der Waals surface area contributed by atoms with Gasteiger partial charge in [0.05, 0.1) is 0 Å². The predicted octanol–water partition coefficient (Wildman–Crippen LogP) is -0.900. The minimum Gasteiger partial charge on any atom is -0.263 e. The molecule has 0 amide bonds. The molecule has 11 heavy (non-hydrogen) atoms. The van der Waals surface area contributed by atoms with Crippen molar-refractivity contribution in [3.63, 3.8) is 0 Å². The van der Waals surface area contributed by atoms with Crippen LogP contribution in [-0.2, 0) is 24.4 Å². The summed E-state index contributed by atoms with van der Waals surface area (Å²) in [5.41, 5.74) is 0. The molecule has 0 fully saturated rings. The van der Waals surface area contributed by atoms with Crippen LogP contribution in [0.1, 0.15) is 0 Å². The van der Waals surface area contributed by atoms with Crippen LogP contribution in [-0.4, -0.2) is 32.6 Å². The molecule has 0 rings (SSSR count). The van der Waals surface area contributed by atoms with Gasteiger partial charge >= 0.3 is 20.8 Å². The highest BCUT2D eigenvalue weighted by Crippen LogP contribution is 1.91. The first-order chi connectivity index (χ1) is 4.71. The Bertz CT molecular complexity index is 242. The highest BCUT2D eigenvalue weighted by molar-refractivity contribution is 7.94. The van der Waals surface area contributed by atoms with E-state index >= 15 is 0 Å². The van der Waals surface area contributed by atoms with Gasteiger partial charge in [0.25, 0.3) is 0 Å². The first kappa shape index (κ1) is 13.8. The molecular formula is CH7O7PS2. The minimum atomic E-state index is -5.12. The van der Waals surface area contributed by atoms with Gasteiger partial charge in [-0.25, -0.2) is 0 Å². The van der Waals surface area contributed by atoms with Crippen molar-refractivity contribution in [2.45, 2.75) is 0 Å². The summed E-state index contributed by atoms with van der Waals surface area (Å²) in [7, 11) is -7.82. The van der Waals surface area contributed by atoms with Crippen molar-refractivity contribution < 1.29 is 29.6 Å². The lowest BCUT2D eigenvalue weighted by Gasteiger charge is -1.89. The Hall–Kier alpha value is 0.210. The molecule has 0 radical (unpaired) electrons. The zero-order valence-electron chi connectivity index (χ0n) is 5.33. The van der Waals surface area contributed by atoms with Crippen LogP contribution in [0.5, 0.6) is 0 Å². The highest BCUT2D eigenvalue weighted by atomic mass is 32.3. The fourth-order valence-corrected chi connectivity index (χ4v) is 0.978. The van der Waals surface area contributed by atoms with Crippen LogP contribution < -0.4 is 0 Å². The van der Waals surface area contributed by atoms with Gasteiger partial charge in [-0.1, -0.05) is 6.66 Å². The van der Waals surface area contributed by atoms with E-state index in [1.165, 1.54) is 0 Å². The lowest BCUT2D eigenvalue weighted by Crippen LogP contribution is -2.10. The summed E-state index contributed by atoms with van der Waals surface area (Å²) >= 11 is 0. The molecule has 0 saturated heterocycles. The Morgan fingerprint density at radius 2 is 1.18 bits per heavy atom. The largest absolute Gasteiger partial charge is 0.413 e. The average Bonchev–Trinajstić information content (AvgIpc) is 1.60. The molecule has 0 aromatic rings. The molecule has 7 nitrogen and oxygen atoms in total. The summed E-state index contributed by atoms with van der Waals surface area (Å²) < 4.78 is 55.6. The van der Waals surface area contributed by atoms with Crippen LogP contribution in [0, 0.1) is 0 Å². The van der Waals surface area contributed by atoms with Crippen molar-refractivity contribution >= 4 is 30.0 Å². The van der Waals surface area contributed by atoms with E-state index in [0.717, 1.165) is 0 Å². The molecular weight excluding hydrogens is 219 g/mol. The number of hydrogen-bond acceptors (Lipinski definition) is 5. The molecule has 70 valence electrons. The predicted molar refractivity (Wildman–Crippen MR) is 39.8 cm³/mol. The zero-order chi connectivity index (χ0) is 9.71. The van der Waals surface area contributed by atoms with Gasteiger partial charge in [0.1, 0.15) is 0 Å².